The van der Waals surface area contributed by atoms with Crippen molar-refractivity contribution in [2.75, 3.05) is 11.6 Å². The van der Waals surface area contributed by atoms with E-state index in [1.807, 2.05) is 23.3 Å². The largest absolute Gasteiger partial charge is 0.323 e. The van der Waals surface area contributed by atoms with Gasteiger partial charge in [-0.1, -0.05) is 0 Å². The zero-order valence-corrected chi connectivity index (χ0v) is 13.1. The second kappa shape index (κ2) is 6.74. The minimum absolute atomic E-state index is 0.120. The summed E-state index contributed by atoms with van der Waals surface area (Å²) in [5, 5.41) is 3.70. The topological polar surface area (TPSA) is 71.0 Å². The van der Waals surface area contributed by atoms with E-state index in [-0.39, 0.29) is 6.03 Å². The molecule has 0 atom stereocenters. The number of rotatable bonds is 5. The van der Waals surface area contributed by atoms with Crippen molar-refractivity contribution in [3.8, 4) is 0 Å². The van der Waals surface area contributed by atoms with Crippen LogP contribution in [0.2, 0.25) is 0 Å². The average molecular weight is 315 g/mol. The van der Waals surface area contributed by atoms with E-state index in [4.69, 9.17) is 0 Å². The summed E-state index contributed by atoms with van der Waals surface area (Å²) in [7, 11) is 0. The standard InChI is InChI=1S/C15H17N5OS/c1-22-14-8-13(17-10-18-14)19-15(21)20(12-2-3-12)9-11-4-6-16-7-5-11/h4-8,10,12H,2-3,9H2,1H3,(H,17,18,19,21). The fraction of sp³-hybridized carbons (Fsp3) is 0.333. The Labute approximate surface area is 133 Å². The molecule has 0 aromatic carbocycles. The number of anilines is 1. The third-order valence-electron chi connectivity index (χ3n) is 3.44. The van der Waals surface area contributed by atoms with Crippen LogP contribution in [0.3, 0.4) is 0 Å². The Balaban J connectivity index is 1.70. The van der Waals surface area contributed by atoms with Crippen molar-refractivity contribution in [2.24, 2.45) is 0 Å². The summed E-state index contributed by atoms with van der Waals surface area (Å²) in [5.41, 5.74) is 1.07. The van der Waals surface area contributed by atoms with Crippen LogP contribution in [0, 0.1) is 0 Å². The molecule has 1 fully saturated rings. The fourth-order valence-corrected chi connectivity index (χ4v) is 2.52. The van der Waals surface area contributed by atoms with Gasteiger partial charge in [0, 0.05) is 31.0 Å². The van der Waals surface area contributed by atoms with Crippen molar-refractivity contribution in [1.82, 2.24) is 19.9 Å². The number of nitrogens with one attached hydrogen (secondary N) is 1. The van der Waals surface area contributed by atoms with Gasteiger partial charge in [-0.15, -0.1) is 11.8 Å². The lowest BCUT2D eigenvalue weighted by molar-refractivity contribution is 0.206. The third-order valence-corrected chi connectivity index (χ3v) is 4.08. The predicted octanol–water partition coefficient (Wildman–Crippen LogP) is 2.79. The zero-order valence-electron chi connectivity index (χ0n) is 12.3. The van der Waals surface area contributed by atoms with E-state index in [0.29, 0.717) is 18.4 Å². The van der Waals surface area contributed by atoms with E-state index in [1.54, 1.807) is 18.5 Å². The first-order valence-electron chi connectivity index (χ1n) is 7.09. The van der Waals surface area contributed by atoms with Gasteiger partial charge in [0.15, 0.2) is 0 Å². The number of carbonyl (C=O) groups excluding carboxylic acids is 1. The van der Waals surface area contributed by atoms with Crippen LogP contribution in [0.5, 0.6) is 0 Å². The second-order valence-corrected chi connectivity index (χ2v) is 5.92. The maximum absolute atomic E-state index is 12.5. The number of hydrogen-bond acceptors (Lipinski definition) is 5. The molecule has 0 unspecified atom stereocenters. The first kappa shape index (κ1) is 14.8. The van der Waals surface area contributed by atoms with Crippen LogP contribution in [0.1, 0.15) is 18.4 Å². The summed E-state index contributed by atoms with van der Waals surface area (Å²) in [6.45, 7) is 0.583. The molecule has 0 radical (unpaired) electrons. The third kappa shape index (κ3) is 3.73. The Hall–Kier alpha value is -2.15. The molecule has 3 rings (SSSR count). The van der Waals surface area contributed by atoms with Crippen molar-refractivity contribution >= 4 is 23.6 Å². The lowest BCUT2D eigenvalue weighted by Crippen LogP contribution is -2.36. The Kier molecular flexibility index (Phi) is 4.53. The van der Waals surface area contributed by atoms with E-state index in [1.165, 1.54) is 18.1 Å². The monoisotopic (exact) mass is 315 g/mol. The second-order valence-electron chi connectivity index (χ2n) is 5.09. The minimum atomic E-state index is -0.120. The molecule has 2 aromatic heterocycles. The fourth-order valence-electron chi connectivity index (χ4n) is 2.14. The molecular weight excluding hydrogens is 298 g/mol. The van der Waals surface area contributed by atoms with E-state index in [2.05, 4.69) is 20.3 Å². The molecule has 1 saturated carbocycles. The molecule has 0 bridgehead atoms. The van der Waals surface area contributed by atoms with E-state index in [9.17, 15) is 4.79 Å². The van der Waals surface area contributed by atoms with Crippen LogP contribution in [0.4, 0.5) is 10.6 Å². The van der Waals surface area contributed by atoms with E-state index in [0.717, 1.165) is 23.4 Å². The molecule has 0 spiro atoms. The Bertz CT molecular complexity index is 647. The molecule has 114 valence electrons. The highest BCUT2D eigenvalue weighted by Crippen LogP contribution is 2.29. The van der Waals surface area contributed by atoms with Crippen LogP contribution in [0.25, 0.3) is 0 Å². The van der Waals surface area contributed by atoms with Gasteiger partial charge >= 0.3 is 6.03 Å². The first-order chi connectivity index (χ1) is 10.8. The molecule has 0 aliphatic heterocycles. The molecule has 1 N–H and O–H groups in total. The summed E-state index contributed by atoms with van der Waals surface area (Å²) in [6, 6.07) is 5.83. The lowest BCUT2D eigenvalue weighted by atomic mass is 10.2. The SMILES string of the molecule is CSc1cc(NC(=O)N(Cc2ccncc2)C2CC2)ncn1. The van der Waals surface area contributed by atoms with Crippen LogP contribution >= 0.6 is 11.8 Å². The Morgan fingerprint density at radius 1 is 1.36 bits per heavy atom. The van der Waals surface area contributed by atoms with Gasteiger partial charge in [0.1, 0.15) is 17.2 Å². The minimum Gasteiger partial charge on any atom is -0.317 e. The first-order valence-corrected chi connectivity index (χ1v) is 8.31. The zero-order chi connectivity index (χ0) is 15.4. The number of urea groups is 1. The average Bonchev–Trinajstić information content (AvgIpc) is 3.38. The van der Waals surface area contributed by atoms with E-state index >= 15 is 0 Å². The highest BCUT2D eigenvalue weighted by atomic mass is 32.2. The Morgan fingerprint density at radius 2 is 2.14 bits per heavy atom. The van der Waals surface area contributed by atoms with Crippen molar-refractivity contribution < 1.29 is 4.79 Å². The number of aromatic nitrogens is 3. The molecule has 2 heterocycles. The van der Waals surface area contributed by atoms with Gasteiger partial charge in [-0.2, -0.15) is 0 Å². The summed E-state index contributed by atoms with van der Waals surface area (Å²) >= 11 is 1.52. The molecule has 2 amide bonds. The maximum atomic E-state index is 12.5. The number of carbonyl (C=O) groups is 1. The molecule has 6 nitrogen and oxygen atoms in total. The van der Waals surface area contributed by atoms with Crippen LogP contribution in [-0.2, 0) is 6.54 Å². The van der Waals surface area contributed by atoms with Crippen molar-refractivity contribution in [1.29, 1.82) is 0 Å². The number of hydrogen-bond donors (Lipinski definition) is 1. The normalized spacial score (nSPS) is 13.7. The van der Waals surface area contributed by atoms with Crippen LogP contribution < -0.4 is 5.32 Å². The molecule has 1 aliphatic rings. The van der Waals surface area contributed by atoms with Crippen LogP contribution in [-0.4, -0.2) is 38.2 Å². The molecule has 2 aromatic rings. The van der Waals surface area contributed by atoms with Gasteiger partial charge < -0.3 is 4.90 Å². The van der Waals surface area contributed by atoms with Crippen molar-refractivity contribution in [3.05, 3.63) is 42.5 Å². The molecular formula is C15H17N5OS. The summed E-state index contributed by atoms with van der Waals surface area (Å²) < 4.78 is 0. The van der Waals surface area contributed by atoms with Crippen molar-refractivity contribution in [3.63, 3.8) is 0 Å². The predicted molar refractivity (Wildman–Crippen MR) is 85.6 cm³/mol. The van der Waals surface area contributed by atoms with Gasteiger partial charge in [0.25, 0.3) is 0 Å². The van der Waals surface area contributed by atoms with Gasteiger partial charge in [-0.3, -0.25) is 10.3 Å². The van der Waals surface area contributed by atoms with Gasteiger partial charge in [-0.25, -0.2) is 14.8 Å². The van der Waals surface area contributed by atoms with E-state index < -0.39 is 0 Å². The number of thioether (sulfide) groups is 1. The number of amides is 2. The molecule has 7 heteroatoms. The van der Waals surface area contributed by atoms with Crippen LogP contribution in [0.15, 0.2) is 41.9 Å². The van der Waals surface area contributed by atoms with Crippen molar-refractivity contribution in [2.45, 2.75) is 30.5 Å². The lowest BCUT2D eigenvalue weighted by Gasteiger charge is -2.22. The van der Waals surface area contributed by atoms with Gasteiger partial charge in [0.2, 0.25) is 0 Å². The quantitative estimate of drug-likeness (QED) is 0.678. The summed E-state index contributed by atoms with van der Waals surface area (Å²) in [6.07, 6.45) is 9.00. The van der Waals surface area contributed by atoms with Gasteiger partial charge in [0.05, 0.1) is 0 Å². The number of nitrogens with zero attached hydrogens (tertiary/aromatic N) is 4. The Morgan fingerprint density at radius 3 is 2.82 bits per heavy atom. The molecule has 0 saturated heterocycles. The summed E-state index contributed by atoms with van der Waals surface area (Å²) in [4.78, 5) is 26.6. The number of pyridine rings is 1. The summed E-state index contributed by atoms with van der Waals surface area (Å²) in [5.74, 6) is 0.532. The van der Waals surface area contributed by atoms with Gasteiger partial charge in [-0.05, 0) is 36.8 Å². The maximum Gasteiger partial charge on any atom is 0.323 e. The highest BCUT2D eigenvalue weighted by Gasteiger charge is 2.32. The smallest absolute Gasteiger partial charge is 0.317 e. The molecule has 22 heavy (non-hydrogen) atoms. The highest BCUT2D eigenvalue weighted by molar-refractivity contribution is 7.98. The molecule has 1 aliphatic carbocycles.